The molecule has 1 N–H and O–H groups in total. The molecule has 0 aromatic heterocycles. The van der Waals surface area contributed by atoms with Crippen molar-refractivity contribution in [1.29, 1.82) is 0 Å². The van der Waals surface area contributed by atoms with Gasteiger partial charge in [0.25, 0.3) is 11.8 Å². The largest absolute Gasteiger partial charge is 0.494 e. The summed E-state index contributed by atoms with van der Waals surface area (Å²) in [6.07, 6.45) is 0. The van der Waals surface area contributed by atoms with Crippen molar-refractivity contribution in [2.45, 2.75) is 25.9 Å². The van der Waals surface area contributed by atoms with Crippen LogP contribution >= 0.6 is 0 Å². The van der Waals surface area contributed by atoms with E-state index in [1.807, 2.05) is 13.8 Å². The zero-order chi connectivity index (χ0) is 22.7. The maximum Gasteiger partial charge on any atom is 0.263 e. The number of amides is 3. The molecule has 0 spiro atoms. The van der Waals surface area contributed by atoms with Crippen LogP contribution in [0.5, 0.6) is 11.5 Å². The summed E-state index contributed by atoms with van der Waals surface area (Å²) < 4.78 is 10.8. The van der Waals surface area contributed by atoms with Crippen LogP contribution in [0.2, 0.25) is 0 Å². The summed E-state index contributed by atoms with van der Waals surface area (Å²) in [7, 11) is 0. The number of benzene rings is 2. The van der Waals surface area contributed by atoms with Crippen LogP contribution in [0.3, 0.4) is 0 Å². The average Bonchev–Trinajstić information content (AvgIpc) is 3.30. The number of nitrogens with zero attached hydrogens (tertiary/aromatic N) is 4. The number of anilines is 2. The summed E-state index contributed by atoms with van der Waals surface area (Å²) in [5.74, 6) is 0.0211. The van der Waals surface area contributed by atoms with Crippen LogP contribution in [0.1, 0.15) is 13.8 Å². The number of imide groups is 1. The molecule has 0 aliphatic carbocycles. The Morgan fingerprint density at radius 1 is 0.938 bits per heavy atom. The average molecular weight is 437 g/mol. The quantitative estimate of drug-likeness (QED) is 0.635. The topological polar surface area (TPSA) is 113 Å². The number of carbonyl (C=O) groups excluding carboxylic acids is 3. The van der Waals surface area contributed by atoms with Gasteiger partial charge in [0.2, 0.25) is 5.91 Å². The van der Waals surface area contributed by atoms with Crippen molar-refractivity contribution in [2.75, 3.05) is 30.0 Å². The van der Waals surface area contributed by atoms with Gasteiger partial charge in [0.05, 0.1) is 18.9 Å². The van der Waals surface area contributed by atoms with E-state index < -0.39 is 23.9 Å². The van der Waals surface area contributed by atoms with Crippen LogP contribution in [-0.4, -0.2) is 54.6 Å². The molecule has 10 heteroatoms. The SMILES string of the molecule is CCOc1ccc(NC(=O)CN2N=N[C@H]3C(=O)N(c4ccc(OCC)cc4)C(=O)[C@@H]32)cc1. The maximum atomic E-state index is 13.0. The van der Waals surface area contributed by atoms with Crippen LogP contribution in [0, 0.1) is 0 Å². The maximum absolute atomic E-state index is 13.0. The Balaban J connectivity index is 1.42. The fourth-order valence-electron chi connectivity index (χ4n) is 3.62. The number of fused-ring (bicyclic) bond motifs is 1. The van der Waals surface area contributed by atoms with Crippen molar-refractivity contribution >= 4 is 29.1 Å². The molecule has 0 unspecified atom stereocenters. The molecule has 2 aliphatic rings. The predicted octanol–water partition coefficient (Wildman–Crippen LogP) is 2.42. The van der Waals surface area contributed by atoms with E-state index in [0.29, 0.717) is 36.1 Å². The third kappa shape index (κ3) is 4.11. The summed E-state index contributed by atoms with van der Waals surface area (Å²) in [5.41, 5.74) is 1.00. The Bertz CT molecular complexity index is 1040. The van der Waals surface area contributed by atoms with E-state index in [4.69, 9.17) is 9.47 Å². The fourth-order valence-corrected chi connectivity index (χ4v) is 3.62. The molecule has 10 nitrogen and oxygen atoms in total. The summed E-state index contributed by atoms with van der Waals surface area (Å²) in [6, 6.07) is 11.7. The molecule has 1 fully saturated rings. The molecule has 32 heavy (non-hydrogen) atoms. The van der Waals surface area contributed by atoms with Crippen molar-refractivity contribution in [3.63, 3.8) is 0 Å². The van der Waals surface area contributed by atoms with Gasteiger partial charge in [0.1, 0.15) is 18.0 Å². The molecular weight excluding hydrogens is 414 g/mol. The third-order valence-corrected chi connectivity index (χ3v) is 5.02. The van der Waals surface area contributed by atoms with Gasteiger partial charge in [-0.15, -0.1) is 0 Å². The summed E-state index contributed by atoms with van der Waals surface area (Å²) >= 11 is 0. The van der Waals surface area contributed by atoms with E-state index in [1.165, 1.54) is 5.01 Å². The lowest BCUT2D eigenvalue weighted by Crippen LogP contribution is -2.43. The van der Waals surface area contributed by atoms with Gasteiger partial charge < -0.3 is 14.8 Å². The second-order valence-corrected chi connectivity index (χ2v) is 7.14. The van der Waals surface area contributed by atoms with Gasteiger partial charge >= 0.3 is 0 Å². The Morgan fingerprint density at radius 3 is 2.12 bits per heavy atom. The highest BCUT2D eigenvalue weighted by Crippen LogP contribution is 2.32. The molecule has 2 heterocycles. The van der Waals surface area contributed by atoms with Crippen molar-refractivity contribution < 1.29 is 23.9 Å². The molecule has 0 radical (unpaired) electrons. The van der Waals surface area contributed by atoms with E-state index in [2.05, 4.69) is 15.7 Å². The zero-order valence-corrected chi connectivity index (χ0v) is 17.7. The molecule has 3 amide bonds. The van der Waals surface area contributed by atoms with Crippen LogP contribution in [0.15, 0.2) is 58.9 Å². The standard InChI is InChI=1S/C22H23N5O5/c1-3-31-16-9-5-14(6-10-16)23-18(28)13-26-20-19(24-25-26)21(29)27(22(20)30)15-7-11-17(12-8-15)32-4-2/h5-12,19-20H,3-4,13H2,1-2H3,(H,23,28)/t19-,20-/m1/s1. The van der Waals surface area contributed by atoms with Crippen molar-refractivity contribution in [3.8, 4) is 11.5 Å². The van der Waals surface area contributed by atoms with Crippen LogP contribution in [-0.2, 0) is 14.4 Å². The minimum atomic E-state index is -0.965. The fraction of sp³-hybridized carbons (Fsp3) is 0.318. The zero-order valence-electron chi connectivity index (χ0n) is 17.7. The van der Waals surface area contributed by atoms with Gasteiger partial charge in [-0.2, -0.15) is 5.11 Å². The monoisotopic (exact) mass is 437 g/mol. The summed E-state index contributed by atoms with van der Waals surface area (Å²) in [6.45, 7) is 4.61. The van der Waals surface area contributed by atoms with E-state index in [-0.39, 0.29) is 12.5 Å². The Kier molecular flexibility index (Phi) is 6.02. The Morgan fingerprint density at radius 2 is 1.53 bits per heavy atom. The van der Waals surface area contributed by atoms with Crippen LogP contribution in [0.4, 0.5) is 11.4 Å². The van der Waals surface area contributed by atoms with Crippen LogP contribution < -0.4 is 19.7 Å². The minimum Gasteiger partial charge on any atom is -0.494 e. The van der Waals surface area contributed by atoms with E-state index >= 15 is 0 Å². The highest BCUT2D eigenvalue weighted by Gasteiger charge is 2.55. The number of ether oxygens (including phenoxy) is 2. The molecule has 0 saturated carbocycles. The molecule has 4 rings (SSSR count). The Labute approximate surface area is 184 Å². The first-order valence-corrected chi connectivity index (χ1v) is 10.3. The molecule has 2 aromatic carbocycles. The van der Waals surface area contributed by atoms with Gasteiger partial charge in [-0.3, -0.25) is 19.4 Å². The molecular formula is C22H23N5O5. The molecule has 2 aliphatic heterocycles. The first kappa shape index (κ1) is 21.3. The van der Waals surface area contributed by atoms with Gasteiger partial charge in [-0.1, -0.05) is 5.22 Å². The van der Waals surface area contributed by atoms with E-state index in [9.17, 15) is 14.4 Å². The van der Waals surface area contributed by atoms with Gasteiger partial charge in [-0.25, -0.2) is 4.90 Å². The number of hydrogen-bond acceptors (Lipinski definition) is 8. The van der Waals surface area contributed by atoms with E-state index in [0.717, 1.165) is 4.90 Å². The number of rotatable bonds is 8. The lowest BCUT2D eigenvalue weighted by Gasteiger charge is -2.20. The molecule has 166 valence electrons. The summed E-state index contributed by atoms with van der Waals surface area (Å²) in [4.78, 5) is 39.4. The second kappa shape index (κ2) is 9.04. The smallest absolute Gasteiger partial charge is 0.263 e. The summed E-state index contributed by atoms with van der Waals surface area (Å²) in [5, 5.41) is 11.8. The molecule has 2 atom stereocenters. The van der Waals surface area contributed by atoms with Gasteiger partial charge in [-0.05, 0) is 62.4 Å². The minimum absolute atomic E-state index is 0.214. The highest BCUT2D eigenvalue weighted by atomic mass is 16.5. The number of carbonyl (C=O) groups is 3. The normalized spacial score (nSPS) is 19.3. The number of nitrogens with one attached hydrogen (secondary N) is 1. The van der Waals surface area contributed by atoms with Crippen molar-refractivity contribution in [3.05, 3.63) is 48.5 Å². The lowest BCUT2D eigenvalue weighted by molar-refractivity contribution is -0.123. The van der Waals surface area contributed by atoms with Crippen molar-refractivity contribution in [2.24, 2.45) is 10.3 Å². The van der Waals surface area contributed by atoms with Gasteiger partial charge in [0, 0.05) is 5.69 Å². The van der Waals surface area contributed by atoms with E-state index in [1.54, 1.807) is 48.5 Å². The van der Waals surface area contributed by atoms with Crippen LogP contribution in [0.25, 0.3) is 0 Å². The van der Waals surface area contributed by atoms with Crippen molar-refractivity contribution in [1.82, 2.24) is 5.01 Å². The number of hydrogen-bond donors (Lipinski definition) is 1. The third-order valence-electron chi connectivity index (χ3n) is 5.02. The van der Waals surface area contributed by atoms with Gasteiger partial charge in [0.15, 0.2) is 12.1 Å². The Hall–Kier alpha value is -3.95. The first-order valence-electron chi connectivity index (χ1n) is 10.3. The molecule has 2 aromatic rings. The lowest BCUT2D eigenvalue weighted by atomic mass is 10.1. The molecule has 1 saturated heterocycles. The molecule has 0 bridgehead atoms. The second-order valence-electron chi connectivity index (χ2n) is 7.14. The predicted molar refractivity (Wildman–Crippen MR) is 115 cm³/mol. The first-order chi connectivity index (χ1) is 15.5. The highest BCUT2D eigenvalue weighted by molar-refractivity contribution is 6.25.